The first-order chi connectivity index (χ1) is 16.0. The van der Waals surface area contributed by atoms with Crippen molar-refractivity contribution in [2.75, 3.05) is 11.1 Å². The Kier molecular flexibility index (Phi) is 7.36. The second kappa shape index (κ2) is 10.6. The largest absolute Gasteiger partial charge is 0.486 e. The molecule has 0 radical (unpaired) electrons. The van der Waals surface area contributed by atoms with E-state index in [-0.39, 0.29) is 18.3 Å². The fraction of sp³-hybridized carbons (Fsp3) is 0.208. The number of halogens is 1. The van der Waals surface area contributed by atoms with Gasteiger partial charge >= 0.3 is 0 Å². The Morgan fingerprint density at radius 1 is 1.15 bits per heavy atom. The first-order valence-corrected chi connectivity index (χ1v) is 11.7. The lowest BCUT2D eigenvalue weighted by Crippen LogP contribution is -2.16. The fourth-order valence-electron chi connectivity index (χ4n) is 3.08. The number of hydrogen-bond donors (Lipinski definition) is 1. The number of rotatable bonds is 9. The molecule has 0 atom stereocenters. The van der Waals surface area contributed by atoms with E-state index in [9.17, 15) is 4.79 Å². The van der Waals surface area contributed by atoms with E-state index in [0.29, 0.717) is 28.2 Å². The van der Waals surface area contributed by atoms with E-state index in [4.69, 9.17) is 20.8 Å². The number of anilines is 1. The van der Waals surface area contributed by atoms with Crippen molar-refractivity contribution in [1.82, 2.24) is 14.8 Å². The van der Waals surface area contributed by atoms with Crippen molar-refractivity contribution in [2.24, 2.45) is 0 Å². The summed E-state index contributed by atoms with van der Waals surface area (Å²) in [6, 6.07) is 16.9. The van der Waals surface area contributed by atoms with Crippen LogP contribution in [-0.2, 0) is 17.9 Å². The number of furan rings is 1. The molecule has 0 saturated carbocycles. The van der Waals surface area contributed by atoms with Crippen LogP contribution < -0.4 is 10.1 Å². The summed E-state index contributed by atoms with van der Waals surface area (Å²) >= 11 is 7.35. The maximum absolute atomic E-state index is 12.5. The Labute approximate surface area is 201 Å². The molecule has 0 fully saturated rings. The molecule has 33 heavy (non-hydrogen) atoms. The number of nitrogens with zero attached hydrogens (tertiary/aromatic N) is 3. The number of ether oxygens (including phenoxy) is 1. The summed E-state index contributed by atoms with van der Waals surface area (Å²) in [4.78, 5) is 12.5. The van der Waals surface area contributed by atoms with Gasteiger partial charge in [0.2, 0.25) is 5.91 Å². The van der Waals surface area contributed by atoms with Crippen molar-refractivity contribution in [2.45, 2.75) is 32.2 Å². The minimum absolute atomic E-state index is 0.157. The van der Waals surface area contributed by atoms with Gasteiger partial charge in [-0.1, -0.05) is 47.1 Å². The van der Waals surface area contributed by atoms with Crippen LogP contribution in [0.2, 0.25) is 5.02 Å². The third-order valence-corrected chi connectivity index (χ3v) is 6.08. The molecule has 0 aliphatic carbocycles. The van der Waals surface area contributed by atoms with Crippen molar-refractivity contribution in [3.63, 3.8) is 0 Å². The summed E-state index contributed by atoms with van der Waals surface area (Å²) < 4.78 is 13.3. The maximum atomic E-state index is 12.5. The molecule has 4 aromatic rings. The number of hydrogen-bond acceptors (Lipinski definition) is 6. The molecule has 0 spiro atoms. The second-order valence-corrected chi connectivity index (χ2v) is 8.84. The van der Waals surface area contributed by atoms with Gasteiger partial charge in [-0.25, -0.2) is 0 Å². The van der Waals surface area contributed by atoms with Gasteiger partial charge in [0, 0.05) is 10.7 Å². The van der Waals surface area contributed by atoms with Crippen LogP contribution in [0.4, 0.5) is 5.69 Å². The van der Waals surface area contributed by atoms with Crippen LogP contribution in [0, 0.1) is 13.8 Å². The standard InChI is InChI=1S/C24H23ClN4O3S/c1-16-5-9-19(10-6-16)32-14-22-27-28-24(29(22)13-20-4-3-11-31-20)33-15-23(30)26-21-12-18(25)8-7-17(21)2/h3-12H,13-15H2,1-2H3,(H,26,30). The van der Waals surface area contributed by atoms with Gasteiger partial charge in [0.05, 0.1) is 18.6 Å². The zero-order valence-electron chi connectivity index (χ0n) is 18.2. The Morgan fingerprint density at radius 2 is 1.97 bits per heavy atom. The van der Waals surface area contributed by atoms with Crippen molar-refractivity contribution in [3.8, 4) is 5.75 Å². The Hall–Kier alpha value is -3.23. The average molecular weight is 483 g/mol. The van der Waals surface area contributed by atoms with Crippen molar-refractivity contribution in [3.05, 3.63) is 88.6 Å². The topological polar surface area (TPSA) is 82.2 Å². The van der Waals surface area contributed by atoms with Gasteiger partial charge in [-0.2, -0.15) is 0 Å². The van der Waals surface area contributed by atoms with Crippen LogP contribution in [0.1, 0.15) is 22.7 Å². The maximum Gasteiger partial charge on any atom is 0.234 e. The molecule has 2 heterocycles. The summed E-state index contributed by atoms with van der Waals surface area (Å²) in [5.74, 6) is 2.16. The number of aryl methyl sites for hydroxylation is 2. The van der Waals surface area contributed by atoms with E-state index in [1.165, 1.54) is 11.8 Å². The average Bonchev–Trinajstić information content (AvgIpc) is 3.45. The molecule has 0 unspecified atom stereocenters. The fourth-order valence-corrected chi connectivity index (χ4v) is 4.01. The third-order valence-electron chi connectivity index (χ3n) is 4.88. The molecule has 0 aliphatic rings. The summed E-state index contributed by atoms with van der Waals surface area (Å²) in [6.45, 7) is 4.62. The van der Waals surface area contributed by atoms with Crippen molar-refractivity contribution >= 4 is 35.0 Å². The molecule has 170 valence electrons. The highest BCUT2D eigenvalue weighted by atomic mass is 35.5. The summed E-state index contributed by atoms with van der Waals surface area (Å²) in [6.07, 6.45) is 1.62. The minimum atomic E-state index is -0.157. The lowest BCUT2D eigenvalue weighted by Gasteiger charge is -2.11. The zero-order chi connectivity index (χ0) is 23.2. The predicted molar refractivity (Wildman–Crippen MR) is 129 cm³/mol. The quantitative estimate of drug-likeness (QED) is 0.317. The van der Waals surface area contributed by atoms with Gasteiger partial charge in [-0.05, 0) is 55.8 Å². The molecule has 2 aromatic carbocycles. The van der Waals surface area contributed by atoms with Gasteiger partial charge in [-0.15, -0.1) is 10.2 Å². The monoisotopic (exact) mass is 482 g/mol. The van der Waals surface area contributed by atoms with Crippen LogP contribution in [0.25, 0.3) is 0 Å². The summed E-state index contributed by atoms with van der Waals surface area (Å²) in [5.41, 5.74) is 2.79. The molecule has 7 nitrogen and oxygen atoms in total. The molecule has 2 aromatic heterocycles. The predicted octanol–water partition coefficient (Wildman–Crippen LogP) is 5.50. The van der Waals surface area contributed by atoms with E-state index < -0.39 is 0 Å². The number of amides is 1. The van der Waals surface area contributed by atoms with Gasteiger partial charge in [0.25, 0.3) is 0 Å². The first kappa shape index (κ1) is 22.9. The van der Waals surface area contributed by atoms with E-state index in [2.05, 4.69) is 15.5 Å². The van der Waals surface area contributed by atoms with Crippen LogP contribution >= 0.6 is 23.4 Å². The van der Waals surface area contributed by atoms with Crippen molar-refractivity contribution in [1.29, 1.82) is 0 Å². The number of aromatic nitrogens is 3. The highest BCUT2D eigenvalue weighted by Crippen LogP contribution is 2.23. The first-order valence-electron chi connectivity index (χ1n) is 10.3. The zero-order valence-corrected chi connectivity index (χ0v) is 19.8. The molecule has 9 heteroatoms. The molecule has 0 saturated heterocycles. The number of nitrogens with one attached hydrogen (secondary N) is 1. The SMILES string of the molecule is Cc1ccc(OCc2nnc(SCC(=O)Nc3cc(Cl)ccc3C)n2Cc2ccco2)cc1. The van der Waals surface area contributed by atoms with Gasteiger partial charge in [-0.3, -0.25) is 9.36 Å². The van der Waals surface area contributed by atoms with E-state index in [0.717, 1.165) is 22.6 Å². The normalized spacial score (nSPS) is 10.9. The lowest BCUT2D eigenvalue weighted by molar-refractivity contribution is -0.113. The summed E-state index contributed by atoms with van der Waals surface area (Å²) in [5, 5.41) is 12.7. The molecular weight excluding hydrogens is 460 g/mol. The smallest absolute Gasteiger partial charge is 0.234 e. The van der Waals surface area contributed by atoms with Crippen LogP contribution in [0.15, 0.2) is 70.4 Å². The number of benzene rings is 2. The molecule has 1 N–H and O–H groups in total. The number of carbonyl (C=O) groups excluding carboxylic acids is 1. The van der Waals surface area contributed by atoms with Crippen LogP contribution in [-0.4, -0.2) is 26.4 Å². The number of thioether (sulfide) groups is 1. The minimum Gasteiger partial charge on any atom is -0.486 e. The molecule has 1 amide bonds. The highest BCUT2D eigenvalue weighted by Gasteiger charge is 2.17. The lowest BCUT2D eigenvalue weighted by atomic mass is 10.2. The van der Waals surface area contributed by atoms with E-state index in [1.807, 2.05) is 60.9 Å². The van der Waals surface area contributed by atoms with Gasteiger partial charge in [0.15, 0.2) is 11.0 Å². The van der Waals surface area contributed by atoms with Gasteiger partial charge in [0.1, 0.15) is 18.1 Å². The Bertz CT molecular complexity index is 1220. The number of carbonyl (C=O) groups is 1. The van der Waals surface area contributed by atoms with Crippen LogP contribution in [0.5, 0.6) is 5.75 Å². The molecule has 0 bridgehead atoms. The Balaban J connectivity index is 1.45. The molecule has 0 aliphatic heterocycles. The highest BCUT2D eigenvalue weighted by molar-refractivity contribution is 7.99. The van der Waals surface area contributed by atoms with Crippen LogP contribution in [0.3, 0.4) is 0 Å². The van der Waals surface area contributed by atoms with Gasteiger partial charge < -0.3 is 14.5 Å². The van der Waals surface area contributed by atoms with E-state index >= 15 is 0 Å². The molecular formula is C24H23ClN4O3S. The Morgan fingerprint density at radius 3 is 2.73 bits per heavy atom. The molecule has 4 rings (SSSR count). The van der Waals surface area contributed by atoms with Crippen molar-refractivity contribution < 1.29 is 13.9 Å². The third kappa shape index (κ3) is 6.18. The second-order valence-electron chi connectivity index (χ2n) is 7.46. The summed E-state index contributed by atoms with van der Waals surface area (Å²) in [7, 11) is 0. The van der Waals surface area contributed by atoms with E-state index in [1.54, 1.807) is 18.4 Å².